The van der Waals surface area contributed by atoms with E-state index in [0.29, 0.717) is 19.3 Å². The highest BCUT2D eigenvalue weighted by atomic mass is 16.6. The van der Waals surface area contributed by atoms with E-state index in [9.17, 15) is 14.4 Å². The molecule has 0 amide bonds. The van der Waals surface area contributed by atoms with Gasteiger partial charge in [0, 0.05) is 19.3 Å². The fraction of sp³-hybridized carbons (Fsp3) is 0.776. The molecule has 0 saturated carbocycles. The molecular weight excluding hydrogens is 1010 g/mol. The second kappa shape index (κ2) is 70.1. The average Bonchev–Trinajstić information content (AvgIpc) is 3.47. The highest BCUT2D eigenvalue weighted by molar-refractivity contribution is 5.71. The summed E-state index contributed by atoms with van der Waals surface area (Å²) in [5.74, 6) is -0.883. The van der Waals surface area contributed by atoms with Crippen LogP contribution in [-0.4, -0.2) is 37.2 Å². The highest BCUT2D eigenvalue weighted by Crippen LogP contribution is 2.18. The molecule has 0 fully saturated rings. The summed E-state index contributed by atoms with van der Waals surface area (Å²) in [6.45, 7) is 6.48. The summed E-state index contributed by atoms with van der Waals surface area (Å²) in [4.78, 5) is 38.3. The molecule has 0 heterocycles. The van der Waals surface area contributed by atoms with Crippen LogP contribution in [0.2, 0.25) is 0 Å². The van der Waals surface area contributed by atoms with Crippen molar-refractivity contribution in [1.29, 1.82) is 0 Å². The van der Waals surface area contributed by atoms with Crippen LogP contribution in [0.5, 0.6) is 0 Å². The lowest BCUT2D eigenvalue weighted by Crippen LogP contribution is -2.30. The fourth-order valence-electron chi connectivity index (χ4n) is 10.3. The third-order valence-corrected chi connectivity index (χ3v) is 15.6. The van der Waals surface area contributed by atoms with E-state index in [2.05, 4.69) is 106 Å². The first-order valence-electron chi connectivity index (χ1n) is 35.6. The lowest BCUT2D eigenvalue weighted by atomic mass is 10.0. The van der Waals surface area contributed by atoms with Gasteiger partial charge in [0.25, 0.3) is 0 Å². The predicted octanol–water partition coefficient (Wildman–Crippen LogP) is 24.6. The molecule has 0 spiro atoms. The molecule has 0 saturated heterocycles. The SMILES string of the molecule is CC/C=C\C/C=C\C/C=C\C/C=C\CCCCCCCCCCC(=O)OC(COC(=O)CCCCCCC/C=C\CCC)COC(=O)CCCCCCCCCCCCCCCCCCCCCCC/C=C\C/C=C\CCCCCCC. The highest BCUT2D eigenvalue weighted by Gasteiger charge is 2.19. The Labute approximate surface area is 509 Å². The second-order valence-corrected chi connectivity index (χ2v) is 23.8. The van der Waals surface area contributed by atoms with Gasteiger partial charge in [0.15, 0.2) is 6.10 Å². The Kier molecular flexibility index (Phi) is 67.2. The minimum atomic E-state index is -0.784. The van der Waals surface area contributed by atoms with Crippen molar-refractivity contribution in [2.45, 2.75) is 367 Å². The van der Waals surface area contributed by atoms with Crippen LogP contribution in [0, 0.1) is 0 Å². The maximum absolute atomic E-state index is 12.9. The maximum Gasteiger partial charge on any atom is 0.306 e. The molecule has 6 nitrogen and oxygen atoms in total. The first kappa shape index (κ1) is 78.6. The smallest absolute Gasteiger partial charge is 0.306 e. The van der Waals surface area contributed by atoms with E-state index in [1.165, 1.54) is 212 Å². The molecule has 1 unspecified atom stereocenters. The largest absolute Gasteiger partial charge is 0.462 e. The molecule has 0 N–H and O–H groups in total. The number of rotatable bonds is 65. The van der Waals surface area contributed by atoms with Gasteiger partial charge >= 0.3 is 17.9 Å². The predicted molar refractivity (Wildman–Crippen MR) is 358 cm³/mol. The molecule has 0 aliphatic carbocycles. The van der Waals surface area contributed by atoms with Crippen molar-refractivity contribution in [2.75, 3.05) is 13.2 Å². The van der Waals surface area contributed by atoms with Gasteiger partial charge in [-0.15, -0.1) is 0 Å². The topological polar surface area (TPSA) is 78.9 Å². The Morgan fingerprint density at radius 2 is 0.500 bits per heavy atom. The van der Waals surface area contributed by atoms with Gasteiger partial charge in [-0.1, -0.05) is 318 Å². The number of unbranched alkanes of at least 4 members (excludes halogenated alkanes) is 40. The maximum atomic E-state index is 12.9. The van der Waals surface area contributed by atoms with Crippen LogP contribution in [0.25, 0.3) is 0 Å². The van der Waals surface area contributed by atoms with Crippen LogP contribution >= 0.6 is 0 Å². The van der Waals surface area contributed by atoms with Crippen molar-refractivity contribution in [3.8, 4) is 0 Å². The normalized spacial score (nSPS) is 12.6. The van der Waals surface area contributed by atoms with Crippen molar-refractivity contribution in [3.63, 3.8) is 0 Å². The molecule has 0 aliphatic rings. The monoisotopic (exact) mass is 1140 g/mol. The van der Waals surface area contributed by atoms with Crippen molar-refractivity contribution >= 4 is 17.9 Å². The summed E-state index contributed by atoms with van der Waals surface area (Å²) in [5.41, 5.74) is 0. The molecule has 474 valence electrons. The van der Waals surface area contributed by atoms with Gasteiger partial charge in [-0.05, 0) is 109 Å². The Balaban J connectivity index is 4.11. The van der Waals surface area contributed by atoms with Gasteiger partial charge in [-0.25, -0.2) is 0 Å². The molecule has 0 aliphatic heterocycles. The van der Waals surface area contributed by atoms with E-state index in [-0.39, 0.29) is 31.1 Å². The summed E-state index contributed by atoms with van der Waals surface area (Å²) < 4.78 is 16.9. The Morgan fingerprint density at radius 3 is 0.805 bits per heavy atom. The Morgan fingerprint density at radius 1 is 0.256 bits per heavy atom. The van der Waals surface area contributed by atoms with Crippen molar-refractivity contribution in [2.24, 2.45) is 0 Å². The van der Waals surface area contributed by atoms with Crippen molar-refractivity contribution in [1.82, 2.24) is 0 Å². The number of hydrogen-bond donors (Lipinski definition) is 0. The number of esters is 3. The molecule has 0 aromatic heterocycles. The van der Waals surface area contributed by atoms with E-state index in [4.69, 9.17) is 14.2 Å². The van der Waals surface area contributed by atoms with Gasteiger partial charge in [-0.2, -0.15) is 0 Å². The van der Waals surface area contributed by atoms with Gasteiger partial charge in [-0.3, -0.25) is 14.4 Å². The molecule has 6 heteroatoms. The number of hydrogen-bond acceptors (Lipinski definition) is 6. The van der Waals surface area contributed by atoms with Crippen LogP contribution in [-0.2, 0) is 28.6 Å². The average molecular weight is 1140 g/mol. The van der Waals surface area contributed by atoms with E-state index < -0.39 is 6.10 Å². The first-order chi connectivity index (χ1) is 40.5. The van der Waals surface area contributed by atoms with Crippen LogP contribution in [0.4, 0.5) is 0 Å². The minimum absolute atomic E-state index is 0.0793. The van der Waals surface area contributed by atoms with E-state index in [0.717, 1.165) is 109 Å². The van der Waals surface area contributed by atoms with Crippen molar-refractivity contribution < 1.29 is 28.6 Å². The Hall–Kier alpha value is -3.41. The summed E-state index contributed by atoms with van der Waals surface area (Å²) in [6.07, 6.45) is 93.5. The molecule has 0 radical (unpaired) electrons. The quantitative estimate of drug-likeness (QED) is 0.0261. The summed E-state index contributed by atoms with van der Waals surface area (Å²) >= 11 is 0. The molecule has 0 aromatic carbocycles. The molecule has 1 atom stereocenters. The molecular formula is C76H134O6. The lowest BCUT2D eigenvalue weighted by molar-refractivity contribution is -0.167. The number of ether oxygens (including phenoxy) is 3. The van der Waals surface area contributed by atoms with Crippen LogP contribution in [0.3, 0.4) is 0 Å². The molecule has 0 aromatic rings. The summed E-state index contributed by atoms with van der Waals surface area (Å²) in [6, 6.07) is 0. The summed E-state index contributed by atoms with van der Waals surface area (Å²) in [5, 5.41) is 0. The zero-order valence-corrected chi connectivity index (χ0v) is 54.5. The van der Waals surface area contributed by atoms with E-state index >= 15 is 0 Å². The number of carbonyl (C=O) groups is 3. The summed E-state index contributed by atoms with van der Waals surface area (Å²) in [7, 11) is 0. The minimum Gasteiger partial charge on any atom is -0.462 e. The van der Waals surface area contributed by atoms with E-state index in [1.54, 1.807) is 0 Å². The number of carbonyl (C=O) groups excluding carboxylic acids is 3. The van der Waals surface area contributed by atoms with Gasteiger partial charge in [0.1, 0.15) is 13.2 Å². The third kappa shape index (κ3) is 67.4. The molecule has 0 rings (SSSR count). The van der Waals surface area contributed by atoms with Crippen LogP contribution in [0.15, 0.2) is 85.1 Å². The fourth-order valence-corrected chi connectivity index (χ4v) is 10.3. The first-order valence-corrected chi connectivity index (χ1v) is 35.6. The van der Waals surface area contributed by atoms with E-state index in [1.807, 2.05) is 0 Å². The third-order valence-electron chi connectivity index (χ3n) is 15.6. The standard InChI is InChI=1S/C76H134O6/c1-4-7-10-13-16-19-22-24-26-28-30-32-33-34-35-36-37-38-39-40-41-42-43-45-46-48-50-52-54-57-60-63-66-69-75(78)81-72-73(71-80-74(77)68-65-62-59-56-21-18-15-12-9-6-3)82-76(79)70-67-64-61-58-55-53-51-49-47-44-31-29-27-25-23-20-17-14-11-8-5-2/h8,11-12,15,17,20,22,24-25,27-28,30-31,44,73H,4-7,9-10,13-14,16,18-19,21,23,26,29,32-43,45-72H2,1-3H3/b11-8-,15-12-,20-17-,24-22-,27-25-,30-28-,44-31-. The molecule has 0 bridgehead atoms. The lowest BCUT2D eigenvalue weighted by Gasteiger charge is -2.18. The van der Waals surface area contributed by atoms with Crippen molar-refractivity contribution in [3.05, 3.63) is 85.1 Å². The van der Waals surface area contributed by atoms with Crippen LogP contribution in [0.1, 0.15) is 361 Å². The van der Waals surface area contributed by atoms with Gasteiger partial charge < -0.3 is 14.2 Å². The number of allylic oxidation sites excluding steroid dienone is 14. The van der Waals surface area contributed by atoms with Gasteiger partial charge in [0.2, 0.25) is 0 Å². The van der Waals surface area contributed by atoms with Crippen LogP contribution < -0.4 is 0 Å². The zero-order chi connectivity index (χ0) is 59.2. The Bertz CT molecular complexity index is 1550. The van der Waals surface area contributed by atoms with Gasteiger partial charge in [0.05, 0.1) is 0 Å². The second-order valence-electron chi connectivity index (χ2n) is 23.8. The molecule has 82 heavy (non-hydrogen) atoms. The zero-order valence-electron chi connectivity index (χ0n) is 54.5.